The highest BCUT2D eigenvalue weighted by Gasteiger charge is 2.47. The van der Waals surface area contributed by atoms with E-state index in [1.807, 2.05) is 27.7 Å². The summed E-state index contributed by atoms with van der Waals surface area (Å²) in [7, 11) is 0. The Kier molecular flexibility index (Phi) is 5.11. The first-order valence-electron chi connectivity index (χ1n) is 8.48. The van der Waals surface area contributed by atoms with Crippen molar-refractivity contribution in [3.05, 3.63) is 0 Å². The number of rotatable bonds is 2. The van der Waals surface area contributed by atoms with Gasteiger partial charge >= 0.3 is 5.97 Å². The molecule has 4 saturated carbocycles. The molecule has 0 amide bonds. The third-order valence-electron chi connectivity index (χ3n) is 4.92. The van der Waals surface area contributed by atoms with E-state index in [2.05, 4.69) is 0 Å². The van der Waals surface area contributed by atoms with E-state index in [1.54, 1.807) is 0 Å². The van der Waals surface area contributed by atoms with Gasteiger partial charge < -0.3 is 4.74 Å². The Morgan fingerprint density at radius 3 is 1.90 bits per heavy atom. The van der Waals surface area contributed by atoms with Crippen molar-refractivity contribution in [3.8, 4) is 0 Å². The lowest BCUT2D eigenvalue weighted by atomic mass is 9.56. The summed E-state index contributed by atoms with van der Waals surface area (Å²) in [5, 5.41) is 0. The number of carbonyl (C=O) groups is 2. The molecule has 120 valence electrons. The van der Waals surface area contributed by atoms with Gasteiger partial charge in [0.1, 0.15) is 5.78 Å². The number of carbonyl (C=O) groups excluding carboxylic acids is 2. The maximum atomic E-state index is 11.6. The van der Waals surface area contributed by atoms with Gasteiger partial charge in [0.25, 0.3) is 0 Å². The van der Waals surface area contributed by atoms with Crippen molar-refractivity contribution in [3.63, 3.8) is 0 Å². The molecule has 21 heavy (non-hydrogen) atoms. The SMILES string of the molecule is CCOC(=O)CC(C)(C)C.O=C1C2CC3CC(C2)CC1C3. The third-order valence-corrected chi connectivity index (χ3v) is 4.92. The Balaban J connectivity index is 0.000000155. The molecule has 0 atom stereocenters. The van der Waals surface area contributed by atoms with E-state index in [-0.39, 0.29) is 11.4 Å². The molecule has 3 nitrogen and oxygen atoms in total. The van der Waals surface area contributed by atoms with Crippen LogP contribution in [0.2, 0.25) is 0 Å². The maximum Gasteiger partial charge on any atom is 0.306 e. The molecular weight excluding hydrogens is 264 g/mol. The summed E-state index contributed by atoms with van der Waals surface area (Å²) in [6.07, 6.45) is 6.91. The molecule has 0 aliphatic heterocycles. The van der Waals surface area contributed by atoms with Gasteiger partial charge in [0.05, 0.1) is 13.0 Å². The molecule has 0 saturated heterocycles. The Labute approximate surface area is 128 Å². The minimum Gasteiger partial charge on any atom is -0.466 e. The van der Waals surface area contributed by atoms with Crippen LogP contribution in [0.1, 0.15) is 66.2 Å². The molecule has 0 unspecified atom stereocenters. The molecule has 4 bridgehead atoms. The van der Waals surface area contributed by atoms with E-state index < -0.39 is 0 Å². The van der Waals surface area contributed by atoms with Gasteiger partial charge in [0.15, 0.2) is 0 Å². The van der Waals surface area contributed by atoms with Crippen molar-refractivity contribution < 1.29 is 14.3 Å². The summed E-state index contributed by atoms with van der Waals surface area (Å²) in [6, 6.07) is 0. The lowest BCUT2D eigenvalue weighted by Crippen LogP contribution is -2.45. The first kappa shape index (κ1) is 16.5. The van der Waals surface area contributed by atoms with Crippen LogP contribution in [-0.4, -0.2) is 18.4 Å². The van der Waals surface area contributed by atoms with E-state index in [4.69, 9.17) is 4.74 Å². The summed E-state index contributed by atoms with van der Waals surface area (Å²) in [5.41, 5.74) is 0.0479. The van der Waals surface area contributed by atoms with Crippen LogP contribution in [0.3, 0.4) is 0 Å². The van der Waals surface area contributed by atoms with E-state index in [0.717, 1.165) is 11.8 Å². The zero-order valence-electron chi connectivity index (χ0n) is 14.0. The molecule has 0 aromatic rings. The van der Waals surface area contributed by atoms with Crippen molar-refractivity contribution in [1.29, 1.82) is 0 Å². The molecule has 4 fully saturated rings. The van der Waals surface area contributed by atoms with E-state index in [9.17, 15) is 9.59 Å². The van der Waals surface area contributed by atoms with Crippen LogP contribution in [0, 0.1) is 29.1 Å². The van der Waals surface area contributed by atoms with Gasteiger partial charge in [-0.2, -0.15) is 0 Å². The number of ketones is 1. The second-order valence-electron chi connectivity index (χ2n) is 8.25. The zero-order chi connectivity index (χ0) is 15.6. The Hall–Kier alpha value is -0.860. The van der Waals surface area contributed by atoms with Gasteiger partial charge in [-0.15, -0.1) is 0 Å². The lowest BCUT2D eigenvalue weighted by molar-refractivity contribution is -0.145. The van der Waals surface area contributed by atoms with Gasteiger partial charge in [0.2, 0.25) is 0 Å². The molecular formula is C18H30O3. The first-order chi connectivity index (χ1) is 9.78. The van der Waals surface area contributed by atoms with Crippen LogP contribution in [0.4, 0.5) is 0 Å². The van der Waals surface area contributed by atoms with Crippen LogP contribution >= 0.6 is 0 Å². The van der Waals surface area contributed by atoms with Gasteiger partial charge in [-0.05, 0) is 56.3 Å². The summed E-state index contributed by atoms with van der Waals surface area (Å²) in [5.74, 6) is 3.41. The zero-order valence-corrected chi connectivity index (χ0v) is 14.0. The van der Waals surface area contributed by atoms with Crippen LogP contribution in [0.25, 0.3) is 0 Å². The largest absolute Gasteiger partial charge is 0.466 e. The Bertz CT molecular complexity index is 362. The Morgan fingerprint density at radius 2 is 1.52 bits per heavy atom. The van der Waals surface area contributed by atoms with E-state index >= 15 is 0 Å². The molecule has 0 spiro atoms. The van der Waals surface area contributed by atoms with Crippen molar-refractivity contribution in [2.45, 2.75) is 66.2 Å². The Morgan fingerprint density at radius 1 is 1.05 bits per heavy atom. The minimum atomic E-state index is -0.102. The van der Waals surface area contributed by atoms with Crippen LogP contribution in [0.15, 0.2) is 0 Å². The molecule has 0 heterocycles. The van der Waals surface area contributed by atoms with Gasteiger partial charge in [-0.25, -0.2) is 0 Å². The summed E-state index contributed by atoms with van der Waals surface area (Å²) >= 11 is 0. The first-order valence-corrected chi connectivity index (χ1v) is 8.48. The van der Waals surface area contributed by atoms with Crippen molar-refractivity contribution in [2.75, 3.05) is 6.61 Å². The van der Waals surface area contributed by atoms with Gasteiger partial charge in [-0.3, -0.25) is 9.59 Å². The van der Waals surface area contributed by atoms with Gasteiger partial charge in [-0.1, -0.05) is 20.8 Å². The van der Waals surface area contributed by atoms with Crippen LogP contribution in [-0.2, 0) is 14.3 Å². The van der Waals surface area contributed by atoms with Crippen LogP contribution in [0.5, 0.6) is 0 Å². The number of hydrogen-bond acceptors (Lipinski definition) is 3. The topological polar surface area (TPSA) is 43.4 Å². The third kappa shape index (κ3) is 4.55. The highest BCUT2D eigenvalue weighted by atomic mass is 16.5. The number of Topliss-reactive ketones (excluding diaryl/α,β-unsaturated/α-hetero) is 1. The fraction of sp³-hybridized carbons (Fsp3) is 0.889. The molecule has 0 radical (unpaired) electrons. The average Bonchev–Trinajstić information content (AvgIpc) is 2.33. The highest BCUT2D eigenvalue weighted by Crippen LogP contribution is 2.51. The quantitative estimate of drug-likeness (QED) is 0.723. The normalized spacial score (nSPS) is 33.4. The van der Waals surface area contributed by atoms with Crippen molar-refractivity contribution in [1.82, 2.24) is 0 Å². The average molecular weight is 294 g/mol. The second kappa shape index (κ2) is 6.50. The lowest BCUT2D eigenvalue weighted by Gasteiger charge is -2.48. The predicted octanol–water partition coefficient (Wildman–Crippen LogP) is 4.00. The molecule has 0 aromatic heterocycles. The van der Waals surface area contributed by atoms with E-state index in [0.29, 0.717) is 30.6 Å². The second-order valence-corrected chi connectivity index (χ2v) is 8.25. The summed E-state index contributed by atoms with van der Waals surface area (Å²) in [4.78, 5) is 22.4. The van der Waals surface area contributed by atoms with Gasteiger partial charge in [0, 0.05) is 11.8 Å². The summed E-state index contributed by atoms with van der Waals surface area (Å²) < 4.78 is 4.78. The molecule has 0 N–H and O–H groups in total. The fourth-order valence-electron chi connectivity index (χ4n) is 4.29. The number of hydrogen-bond donors (Lipinski definition) is 0. The molecule has 0 aromatic carbocycles. The fourth-order valence-corrected chi connectivity index (χ4v) is 4.29. The van der Waals surface area contributed by atoms with Crippen molar-refractivity contribution >= 4 is 11.8 Å². The smallest absolute Gasteiger partial charge is 0.306 e. The van der Waals surface area contributed by atoms with E-state index in [1.165, 1.54) is 32.1 Å². The monoisotopic (exact) mass is 294 g/mol. The van der Waals surface area contributed by atoms with Crippen molar-refractivity contribution in [2.24, 2.45) is 29.1 Å². The number of esters is 1. The molecule has 4 rings (SSSR count). The molecule has 4 aliphatic carbocycles. The molecule has 4 aliphatic rings. The highest BCUT2D eigenvalue weighted by molar-refractivity contribution is 5.85. The van der Waals surface area contributed by atoms with Crippen LogP contribution < -0.4 is 0 Å². The maximum absolute atomic E-state index is 11.6. The molecule has 3 heteroatoms. The predicted molar refractivity (Wildman–Crippen MR) is 82.8 cm³/mol. The summed E-state index contributed by atoms with van der Waals surface area (Å²) in [6.45, 7) is 8.35. The number of ether oxygens (including phenoxy) is 1. The minimum absolute atomic E-state index is 0.0479. The standard InChI is InChI=1S/C10H14O.C8H16O2/c11-10-8-2-6-1-7(4-8)5-9(10)3-6;1-5-10-7(9)6-8(2,3)4/h6-9H,1-5H2;5-6H2,1-4H3.